The van der Waals surface area contributed by atoms with Gasteiger partial charge in [0.1, 0.15) is 5.82 Å². The molecule has 6 heteroatoms. The molecule has 0 unspecified atom stereocenters. The third-order valence-corrected chi connectivity index (χ3v) is 5.84. The number of anilines is 1. The van der Waals surface area contributed by atoms with Crippen LogP contribution in [0.15, 0.2) is 30.3 Å². The Labute approximate surface area is 160 Å². The van der Waals surface area contributed by atoms with E-state index < -0.39 is 0 Å². The lowest BCUT2D eigenvalue weighted by molar-refractivity contribution is -0.000662. The van der Waals surface area contributed by atoms with Gasteiger partial charge in [-0.1, -0.05) is 18.2 Å². The minimum absolute atomic E-state index is 0.00691. The van der Waals surface area contributed by atoms with Crippen LogP contribution < -0.4 is 10.6 Å². The van der Waals surface area contributed by atoms with E-state index in [1.54, 1.807) is 0 Å². The van der Waals surface area contributed by atoms with Crippen LogP contribution in [-0.4, -0.2) is 61.2 Å². The molecule has 0 bridgehead atoms. The molecule has 0 atom stereocenters. The maximum atomic E-state index is 12.7. The normalized spacial score (nSPS) is 19.2. The second-order valence-corrected chi connectivity index (χ2v) is 7.90. The number of carbonyl (C=O) groups is 1. The lowest BCUT2D eigenvalue weighted by Gasteiger charge is -2.43. The highest BCUT2D eigenvalue weighted by atomic mass is 16.5. The highest BCUT2D eigenvalue weighted by Gasteiger charge is 2.34. The first-order valence-electron chi connectivity index (χ1n) is 9.77. The number of ether oxygens (including phenoxy) is 1. The molecule has 2 heterocycles. The summed E-state index contributed by atoms with van der Waals surface area (Å²) < 4.78 is 5.56. The molecule has 4 rings (SSSR count). The second-order valence-electron chi connectivity index (χ2n) is 7.90. The molecule has 1 aliphatic heterocycles. The van der Waals surface area contributed by atoms with E-state index in [2.05, 4.69) is 29.6 Å². The summed E-state index contributed by atoms with van der Waals surface area (Å²) in [5.41, 5.74) is 1.58. The Morgan fingerprint density at radius 1 is 1.26 bits per heavy atom. The van der Waals surface area contributed by atoms with E-state index in [0.29, 0.717) is 11.6 Å². The van der Waals surface area contributed by atoms with Gasteiger partial charge in [0.25, 0.3) is 5.91 Å². The summed E-state index contributed by atoms with van der Waals surface area (Å²) in [6, 6.07) is 10.1. The number of likely N-dealkylation sites (N-methyl/N-ethyl adjacent to an activating group) is 1. The molecule has 2 aliphatic rings. The van der Waals surface area contributed by atoms with E-state index in [9.17, 15) is 4.79 Å². The Balaban J connectivity index is 1.60. The van der Waals surface area contributed by atoms with Crippen LogP contribution in [0.5, 0.6) is 0 Å². The monoisotopic (exact) mass is 368 g/mol. The Kier molecular flexibility index (Phi) is 5.02. The molecule has 2 N–H and O–H groups in total. The second kappa shape index (κ2) is 7.44. The molecule has 27 heavy (non-hydrogen) atoms. The van der Waals surface area contributed by atoms with Crippen molar-refractivity contribution in [3.05, 3.63) is 35.9 Å². The molecule has 2 aromatic rings. The van der Waals surface area contributed by atoms with Crippen LogP contribution in [0.4, 0.5) is 5.82 Å². The number of aromatic nitrogens is 1. The van der Waals surface area contributed by atoms with Crippen molar-refractivity contribution < 1.29 is 9.53 Å². The summed E-state index contributed by atoms with van der Waals surface area (Å²) in [4.78, 5) is 19.8. The number of hydrogen-bond donors (Lipinski definition) is 2. The van der Waals surface area contributed by atoms with Crippen molar-refractivity contribution in [2.45, 2.75) is 37.3 Å². The first-order valence-corrected chi connectivity index (χ1v) is 9.77. The first-order chi connectivity index (χ1) is 13.1. The Morgan fingerprint density at radius 2 is 2.00 bits per heavy atom. The molecule has 0 spiro atoms. The van der Waals surface area contributed by atoms with E-state index in [-0.39, 0.29) is 11.4 Å². The molecular weight excluding hydrogens is 340 g/mol. The summed E-state index contributed by atoms with van der Waals surface area (Å²) in [6.45, 7) is 2.33. The lowest BCUT2D eigenvalue weighted by Crippen LogP contribution is -2.53. The minimum atomic E-state index is -0.00691. The van der Waals surface area contributed by atoms with Crippen molar-refractivity contribution in [1.82, 2.24) is 15.2 Å². The zero-order valence-electron chi connectivity index (χ0n) is 16.1. The molecule has 144 valence electrons. The van der Waals surface area contributed by atoms with Crippen LogP contribution in [0.2, 0.25) is 0 Å². The standard InChI is InChI=1S/C21H28N4O2/c1-25(2)21(9-11-27-12-10-21)14-22-19-13-17(20(26)23-15-7-8-15)16-5-3-4-6-18(16)24-19/h3-6,13,15H,7-12,14H2,1-2H3,(H,22,24)(H,23,26). The predicted molar refractivity (Wildman–Crippen MR) is 107 cm³/mol. The van der Waals surface area contributed by atoms with Crippen molar-refractivity contribution in [3.63, 3.8) is 0 Å². The molecule has 0 radical (unpaired) electrons. The van der Waals surface area contributed by atoms with Crippen molar-refractivity contribution >= 4 is 22.6 Å². The van der Waals surface area contributed by atoms with E-state index in [0.717, 1.165) is 62.2 Å². The summed E-state index contributed by atoms with van der Waals surface area (Å²) in [7, 11) is 4.24. The van der Waals surface area contributed by atoms with E-state index >= 15 is 0 Å². The molecule has 1 amide bonds. The van der Waals surface area contributed by atoms with Crippen LogP contribution in [0.3, 0.4) is 0 Å². The fourth-order valence-electron chi connectivity index (χ4n) is 3.73. The molecule has 2 fully saturated rings. The van der Waals surface area contributed by atoms with Gasteiger partial charge in [0, 0.05) is 36.7 Å². The summed E-state index contributed by atoms with van der Waals surface area (Å²) in [5.74, 6) is 0.745. The van der Waals surface area contributed by atoms with Gasteiger partial charge in [-0.2, -0.15) is 0 Å². The molecule has 1 aliphatic carbocycles. The smallest absolute Gasteiger partial charge is 0.252 e. The Morgan fingerprint density at radius 3 is 2.70 bits per heavy atom. The third kappa shape index (κ3) is 3.92. The number of benzene rings is 1. The fraction of sp³-hybridized carbons (Fsp3) is 0.524. The van der Waals surface area contributed by atoms with Crippen molar-refractivity contribution in [3.8, 4) is 0 Å². The molecule has 1 aromatic heterocycles. The molecule has 1 saturated carbocycles. The number of hydrogen-bond acceptors (Lipinski definition) is 5. The lowest BCUT2D eigenvalue weighted by atomic mass is 9.88. The number of para-hydroxylation sites is 1. The zero-order valence-corrected chi connectivity index (χ0v) is 16.1. The number of fused-ring (bicyclic) bond motifs is 1. The maximum Gasteiger partial charge on any atom is 0.252 e. The van der Waals surface area contributed by atoms with Gasteiger partial charge in [0.2, 0.25) is 0 Å². The number of pyridine rings is 1. The Bertz CT molecular complexity index is 826. The van der Waals surface area contributed by atoms with E-state index in [4.69, 9.17) is 9.72 Å². The predicted octanol–water partition coefficient (Wildman–Crippen LogP) is 2.65. The molecular formula is C21H28N4O2. The number of rotatable bonds is 6. The summed E-state index contributed by atoms with van der Waals surface area (Å²) in [6.07, 6.45) is 4.12. The average molecular weight is 368 g/mol. The van der Waals surface area contributed by atoms with Crippen LogP contribution in [-0.2, 0) is 4.74 Å². The van der Waals surface area contributed by atoms with Crippen molar-refractivity contribution in [1.29, 1.82) is 0 Å². The van der Waals surface area contributed by atoms with E-state index in [1.165, 1.54) is 0 Å². The van der Waals surface area contributed by atoms with Crippen LogP contribution in [0, 0.1) is 0 Å². The largest absolute Gasteiger partial charge is 0.381 e. The van der Waals surface area contributed by atoms with Gasteiger partial charge in [0.05, 0.1) is 11.1 Å². The highest BCUT2D eigenvalue weighted by molar-refractivity contribution is 6.07. The van der Waals surface area contributed by atoms with Gasteiger partial charge in [0.15, 0.2) is 0 Å². The van der Waals surface area contributed by atoms with Gasteiger partial charge in [-0.05, 0) is 51.9 Å². The van der Waals surface area contributed by atoms with Gasteiger partial charge in [-0.3, -0.25) is 4.79 Å². The zero-order chi connectivity index (χ0) is 18.9. The van der Waals surface area contributed by atoms with Gasteiger partial charge >= 0.3 is 0 Å². The number of nitrogens with zero attached hydrogens (tertiary/aromatic N) is 2. The molecule has 1 saturated heterocycles. The van der Waals surface area contributed by atoms with Gasteiger partial charge in [-0.25, -0.2) is 4.98 Å². The first kappa shape index (κ1) is 18.2. The summed E-state index contributed by atoms with van der Waals surface area (Å²) in [5, 5.41) is 7.50. The number of amides is 1. The molecule has 1 aromatic carbocycles. The Hall–Kier alpha value is -2.18. The van der Waals surface area contributed by atoms with Crippen LogP contribution >= 0.6 is 0 Å². The SMILES string of the molecule is CN(C)C1(CNc2cc(C(=O)NC3CC3)c3ccccc3n2)CCOCC1. The van der Waals surface area contributed by atoms with Crippen LogP contribution in [0.25, 0.3) is 10.9 Å². The third-order valence-electron chi connectivity index (χ3n) is 5.84. The number of nitrogens with one attached hydrogen (secondary N) is 2. The van der Waals surface area contributed by atoms with E-state index in [1.807, 2.05) is 30.3 Å². The van der Waals surface area contributed by atoms with Crippen molar-refractivity contribution in [2.75, 3.05) is 39.2 Å². The van der Waals surface area contributed by atoms with Crippen LogP contribution in [0.1, 0.15) is 36.0 Å². The van der Waals surface area contributed by atoms with Gasteiger partial charge in [-0.15, -0.1) is 0 Å². The summed E-state index contributed by atoms with van der Waals surface area (Å²) >= 11 is 0. The van der Waals surface area contributed by atoms with Crippen molar-refractivity contribution in [2.24, 2.45) is 0 Å². The fourth-order valence-corrected chi connectivity index (χ4v) is 3.73. The highest BCUT2D eigenvalue weighted by Crippen LogP contribution is 2.28. The quantitative estimate of drug-likeness (QED) is 0.821. The number of carbonyl (C=O) groups excluding carboxylic acids is 1. The maximum absolute atomic E-state index is 12.7. The minimum Gasteiger partial charge on any atom is -0.381 e. The topological polar surface area (TPSA) is 66.5 Å². The average Bonchev–Trinajstić information content (AvgIpc) is 3.50. The molecule has 6 nitrogen and oxygen atoms in total. The van der Waals surface area contributed by atoms with Gasteiger partial charge < -0.3 is 20.3 Å².